The molecule has 0 heteroatoms. The fraction of sp³-hybridized carbons (Fsp3) is 1.00. The van der Waals surface area contributed by atoms with Crippen molar-refractivity contribution in [1.82, 2.24) is 0 Å². The fourth-order valence-electron chi connectivity index (χ4n) is 8.78. The van der Waals surface area contributed by atoms with Crippen LogP contribution in [0.2, 0.25) is 0 Å². The van der Waals surface area contributed by atoms with Crippen molar-refractivity contribution in [1.29, 1.82) is 0 Å². The quantitative estimate of drug-likeness (QED) is 0.484. The molecule has 0 spiro atoms. The molecular weight excluding hydrogens is 300 g/mol. The van der Waals surface area contributed by atoms with Gasteiger partial charge in [0.05, 0.1) is 0 Å². The lowest BCUT2D eigenvalue weighted by Gasteiger charge is -2.63. The molecule has 0 amide bonds. The number of rotatable bonds is 2. The van der Waals surface area contributed by atoms with Gasteiger partial charge in [-0.3, -0.25) is 0 Å². The number of hydrogen-bond acceptors (Lipinski definition) is 0. The highest BCUT2D eigenvalue weighted by atomic mass is 14.7. The maximum atomic E-state index is 2.75. The second-order valence-electron chi connectivity index (χ2n) is 11.6. The van der Waals surface area contributed by atoms with E-state index in [0.717, 1.165) is 47.3 Å². The Hall–Kier alpha value is 0. The Balaban J connectivity index is 1.59. The summed E-state index contributed by atoms with van der Waals surface area (Å²) in [6.07, 6.45) is 13.7. The van der Waals surface area contributed by atoms with Gasteiger partial charge in [0, 0.05) is 0 Å². The van der Waals surface area contributed by atoms with Crippen molar-refractivity contribution in [2.24, 2.45) is 58.2 Å². The maximum absolute atomic E-state index is 2.75. The molecule has 0 bridgehead atoms. The molecule has 0 aliphatic heterocycles. The van der Waals surface area contributed by atoms with Crippen LogP contribution in [0.3, 0.4) is 0 Å². The van der Waals surface area contributed by atoms with Crippen LogP contribution in [0, 0.1) is 58.2 Å². The predicted octanol–water partition coefficient (Wildman–Crippen LogP) is 7.57. The highest BCUT2D eigenvalue weighted by Gasteiger charge is 2.61. The molecule has 4 saturated carbocycles. The first-order valence-corrected chi connectivity index (χ1v) is 11.8. The monoisotopic (exact) mass is 344 g/mol. The molecule has 4 rings (SSSR count). The largest absolute Gasteiger partial charge is 0.0651 e. The van der Waals surface area contributed by atoms with Gasteiger partial charge in [-0.1, -0.05) is 48.0 Å². The first kappa shape index (κ1) is 18.4. The second kappa shape index (κ2) is 6.27. The predicted molar refractivity (Wildman–Crippen MR) is 108 cm³/mol. The van der Waals surface area contributed by atoms with Gasteiger partial charge < -0.3 is 0 Å². The van der Waals surface area contributed by atoms with Crippen LogP contribution in [0.25, 0.3) is 0 Å². The molecule has 0 aromatic carbocycles. The summed E-state index contributed by atoms with van der Waals surface area (Å²) in [5.41, 5.74) is 1.35. The van der Waals surface area contributed by atoms with Crippen LogP contribution < -0.4 is 0 Å². The van der Waals surface area contributed by atoms with Gasteiger partial charge in [-0.05, 0) is 110 Å². The smallest absolute Gasteiger partial charge is 0.0266 e. The van der Waals surface area contributed by atoms with Gasteiger partial charge in [-0.2, -0.15) is 0 Å². The zero-order valence-corrected chi connectivity index (χ0v) is 18.0. The normalized spacial score (nSPS) is 56.6. The third-order valence-electron chi connectivity index (χ3n) is 11.0. The third kappa shape index (κ3) is 2.59. The van der Waals surface area contributed by atoms with E-state index in [1.165, 1.54) is 25.7 Å². The van der Waals surface area contributed by atoms with Crippen LogP contribution >= 0.6 is 0 Å². The van der Waals surface area contributed by atoms with E-state index in [-0.39, 0.29) is 0 Å². The molecular formula is C25H44. The first-order valence-electron chi connectivity index (χ1n) is 11.8. The van der Waals surface area contributed by atoms with Crippen molar-refractivity contribution in [2.45, 2.75) is 99.3 Å². The van der Waals surface area contributed by atoms with Crippen LogP contribution in [0.4, 0.5) is 0 Å². The van der Waals surface area contributed by atoms with Crippen molar-refractivity contribution in [3.63, 3.8) is 0 Å². The summed E-state index contributed by atoms with van der Waals surface area (Å²) in [5.74, 6) is 8.08. The average molecular weight is 345 g/mol. The van der Waals surface area contributed by atoms with E-state index in [9.17, 15) is 0 Å². The number of fused-ring (bicyclic) bond motifs is 5. The van der Waals surface area contributed by atoms with Crippen LogP contribution in [-0.4, -0.2) is 0 Å². The lowest BCUT2D eigenvalue weighted by Crippen LogP contribution is -2.56. The maximum Gasteiger partial charge on any atom is -0.0266 e. The van der Waals surface area contributed by atoms with Crippen molar-refractivity contribution < 1.29 is 0 Å². The van der Waals surface area contributed by atoms with Gasteiger partial charge in [-0.15, -0.1) is 0 Å². The lowest BCUT2D eigenvalue weighted by atomic mass is 9.42. The lowest BCUT2D eigenvalue weighted by molar-refractivity contribution is -0.142. The summed E-state index contributed by atoms with van der Waals surface area (Å²) in [6, 6.07) is 0. The van der Waals surface area contributed by atoms with E-state index in [2.05, 4.69) is 41.5 Å². The fourth-order valence-corrected chi connectivity index (χ4v) is 8.78. The summed E-state index contributed by atoms with van der Waals surface area (Å²) in [4.78, 5) is 0. The van der Waals surface area contributed by atoms with Crippen LogP contribution in [-0.2, 0) is 0 Å². The Kier molecular flexibility index (Phi) is 4.61. The van der Waals surface area contributed by atoms with E-state index >= 15 is 0 Å². The summed E-state index contributed by atoms with van der Waals surface area (Å²) in [5, 5.41) is 0. The SMILES string of the molecule is CC[C@H](C)[C@@H]1CC[C@@]2(C)C(CC(C)C3C2CC[C@@]2(C)C3CC[C@H]2C)C1. The van der Waals surface area contributed by atoms with Gasteiger partial charge in [0.25, 0.3) is 0 Å². The van der Waals surface area contributed by atoms with Gasteiger partial charge >= 0.3 is 0 Å². The summed E-state index contributed by atoms with van der Waals surface area (Å²) in [7, 11) is 0. The highest BCUT2D eigenvalue weighted by Crippen LogP contribution is 2.69. The average Bonchev–Trinajstić information content (AvgIpc) is 2.90. The zero-order valence-electron chi connectivity index (χ0n) is 18.0. The van der Waals surface area contributed by atoms with Crippen LogP contribution in [0.5, 0.6) is 0 Å². The molecule has 4 fully saturated rings. The van der Waals surface area contributed by atoms with Crippen molar-refractivity contribution in [2.75, 3.05) is 0 Å². The van der Waals surface area contributed by atoms with E-state index in [1.807, 2.05) is 0 Å². The molecule has 0 saturated heterocycles. The third-order valence-corrected chi connectivity index (χ3v) is 11.0. The second-order valence-corrected chi connectivity index (χ2v) is 11.6. The summed E-state index contributed by atoms with van der Waals surface area (Å²) in [6.45, 7) is 15.6. The van der Waals surface area contributed by atoms with Crippen molar-refractivity contribution >= 4 is 0 Å². The van der Waals surface area contributed by atoms with Crippen LogP contribution in [0.15, 0.2) is 0 Å². The molecule has 25 heavy (non-hydrogen) atoms. The molecule has 4 aliphatic carbocycles. The minimum atomic E-state index is 0.673. The topological polar surface area (TPSA) is 0 Å². The Morgan fingerprint density at radius 3 is 2.28 bits per heavy atom. The van der Waals surface area contributed by atoms with E-state index in [0.29, 0.717) is 10.8 Å². The molecule has 0 aromatic rings. The van der Waals surface area contributed by atoms with Gasteiger partial charge in [0.2, 0.25) is 0 Å². The zero-order chi connectivity index (χ0) is 18.0. The highest BCUT2D eigenvalue weighted by molar-refractivity contribution is 5.10. The van der Waals surface area contributed by atoms with E-state index in [4.69, 9.17) is 0 Å². The molecule has 0 nitrogen and oxygen atoms in total. The number of hydrogen-bond donors (Lipinski definition) is 0. The molecule has 5 unspecified atom stereocenters. The van der Waals surface area contributed by atoms with Gasteiger partial charge in [-0.25, -0.2) is 0 Å². The molecule has 0 N–H and O–H groups in total. The molecule has 0 radical (unpaired) electrons. The van der Waals surface area contributed by atoms with Crippen molar-refractivity contribution in [3.05, 3.63) is 0 Å². The molecule has 0 heterocycles. The Labute approximate surface area is 157 Å². The summed E-state index contributed by atoms with van der Waals surface area (Å²) < 4.78 is 0. The standard InChI is InChI=1S/C25H44/c1-7-16(2)19-10-12-25(6)20(15-19)14-17(3)23-21-9-8-18(4)24(21,5)13-11-22(23)25/h16-23H,7-15H2,1-6H3/t16-,17?,18+,19+,20?,21?,22?,23?,24+,25-/m0/s1. The summed E-state index contributed by atoms with van der Waals surface area (Å²) >= 11 is 0. The Morgan fingerprint density at radius 2 is 1.56 bits per heavy atom. The van der Waals surface area contributed by atoms with E-state index < -0.39 is 0 Å². The minimum absolute atomic E-state index is 0.673. The van der Waals surface area contributed by atoms with Crippen molar-refractivity contribution in [3.8, 4) is 0 Å². The minimum Gasteiger partial charge on any atom is -0.0651 e. The first-order chi connectivity index (χ1) is 11.8. The van der Waals surface area contributed by atoms with Gasteiger partial charge in [0.15, 0.2) is 0 Å². The van der Waals surface area contributed by atoms with E-state index in [1.54, 1.807) is 32.1 Å². The molecule has 0 aromatic heterocycles. The molecule has 144 valence electrons. The van der Waals surface area contributed by atoms with Gasteiger partial charge in [0.1, 0.15) is 0 Å². The molecule has 4 aliphatic rings. The Morgan fingerprint density at radius 1 is 0.880 bits per heavy atom. The molecule has 10 atom stereocenters. The van der Waals surface area contributed by atoms with Crippen LogP contribution in [0.1, 0.15) is 99.3 Å². The Bertz CT molecular complexity index is 494.